The maximum Gasteiger partial charge on any atom is 0.246 e. The lowest BCUT2D eigenvalue weighted by Crippen LogP contribution is -2.37. The number of benzene rings is 1. The van der Waals surface area contributed by atoms with Gasteiger partial charge in [-0.25, -0.2) is 9.98 Å². The Labute approximate surface area is 155 Å². The van der Waals surface area contributed by atoms with E-state index in [2.05, 4.69) is 35.8 Å². The number of aryl methyl sites for hydroxylation is 1. The van der Waals surface area contributed by atoms with Gasteiger partial charge in [-0.05, 0) is 19.1 Å². The minimum atomic E-state index is 0.345. The van der Waals surface area contributed by atoms with Crippen molar-refractivity contribution in [3.63, 3.8) is 0 Å². The molecule has 3 rings (SSSR count). The maximum absolute atomic E-state index is 5.99. The van der Waals surface area contributed by atoms with E-state index in [4.69, 9.17) is 16.1 Å². The average Bonchev–Trinajstić information content (AvgIpc) is 3.26. The lowest BCUT2D eigenvalue weighted by Gasteiger charge is -2.09. The van der Waals surface area contributed by atoms with Crippen LogP contribution in [0.3, 0.4) is 0 Å². The van der Waals surface area contributed by atoms with Crippen molar-refractivity contribution in [2.45, 2.75) is 20.0 Å². The van der Waals surface area contributed by atoms with Gasteiger partial charge in [-0.1, -0.05) is 28.9 Å². The summed E-state index contributed by atoms with van der Waals surface area (Å²) in [4.78, 5) is 13.0. The Bertz CT molecular complexity index is 888. The standard InChI is InChI=1S/C16H19ClN8O/c1-3-18-16(19-8-13-21-10-22-25(13)2)20-9-14-23-15(24-26-14)11-5-4-6-12(17)7-11/h4-7,10H,3,8-9H2,1-2H3,(H2,18,19,20). The number of rotatable bonds is 6. The van der Waals surface area contributed by atoms with Crippen molar-refractivity contribution in [3.05, 3.63) is 47.3 Å². The summed E-state index contributed by atoms with van der Waals surface area (Å²) in [6.07, 6.45) is 1.50. The number of aliphatic imine (C=N–C) groups is 1. The van der Waals surface area contributed by atoms with Gasteiger partial charge in [0.2, 0.25) is 11.7 Å². The predicted molar refractivity (Wildman–Crippen MR) is 97.4 cm³/mol. The van der Waals surface area contributed by atoms with Gasteiger partial charge in [-0.15, -0.1) is 0 Å². The van der Waals surface area contributed by atoms with E-state index in [9.17, 15) is 0 Å². The molecule has 136 valence electrons. The quantitative estimate of drug-likeness (QED) is 0.500. The van der Waals surface area contributed by atoms with Crippen LogP contribution in [-0.4, -0.2) is 37.4 Å². The van der Waals surface area contributed by atoms with Crippen LogP contribution in [-0.2, 0) is 20.1 Å². The molecule has 0 aliphatic heterocycles. The first-order valence-electron chi connectivity index (χ1n) is 8.09. The first-order chi connectivity index (χ1) is 12.7. The Morgan fingerprint density at radius 2 is 2.23 bits per heavy atom. The summed E-state index contributed by atoms with van der Waals surface area (Å²) in [5.41, 5.74) is 0.801. The molecule has 0 unspecified atom stereocenters. The van der Waals surface area contributed by atoms with Gasteiger partial charge in [0, 0.05) is 24.2 Å². The van der Waals surface area contributed by atoms with Crippen LogP contribution in [0.15, 0.2) is 40.1 Å². The highest BCUT2D eigenvalue weighted by atomic mass is 35.5. The van der Waals surface area contributed by atoms with Crippen molar-refractivity contribution in [1.29, 1.82) is 0 Å². The summed E-state index contributed by atoms with van der Waals surface area (Å²) in [5, 5.41) is 14.9. The monoisotopic (exact) mass is 374 g/mol. The molecule has 0 saturated heterocycles. The highest BCUT2D eigenvalue weighted by molar-refractivity contribution is 6.30. The van der Waals surface area contributed by atoms with Crippen molar-refractivity contribution in [2.75, 3.05) is 6.54 Å². The van der Waals surface area contributed by atoms with Gasteiger partial charge in [0.25, 0.3) is 0 Å². The number of nitrogens with zero attached hydrogens (tertiary/aromatic N) is 6. The summed E-state index contributed by atoms with van der Waals surface area (Å²) < 4.78 is 6.96. The molecule has 0 spiro atoms. The highest BCUT2D eigenvalue weighted by Gasteiger charge is 2.10. The Kier molecular flexibility index (Phi) is 5.80. The molecule has 26 heavy (non-hydrogen) atoms. The molecule has 2 N–H and O–H groups in total. The molecular formula is C16H19ClN8O. The summed E-state index contributed by atoms with van der Waals surface area (Å²) in [5.74, 6) is 2.33. The molecule has 0 radical (unpaired) electrons. The highest BCUT2D eigenvalue weighted by Crippen LogP contribution is 2.19. The fourth-order valence-electron chi connectivity index (χ4n) is 2.19. The lowest BCUT2D eigenvalue weighted by molar-refractivity contribution is 0.375. The second-order valence-corrected chi connectivity index (χ2v) is 5.81. The minimum absolute atomic E-state index is 0.345. The maximum atomic E-state index is 5.99. The van der Waals surface area contributed by atoms with Gasteiger partial charge in [0.15, 0.2) is 5.96 Å². The topological polar surface area (TPSA) is 106 Å². The first-order valence-corrected chi connectivity index (χ1v) is 8.47. The van der Waals surface area contributed by atoms with E-state index >= 15 is 0 Å². The molecule has 0 fully saturated rings. The molecular weight excluding hydrogens is 356 g/mol. The van der Waals surface area contributed by atoms with Crippen LogP contribution < -0.4 is 10.6 Å². The van der Waals surface area contributed by atoms with Crippen molar-refractivity contribution in [3.8, 4) is 11.4 Å². The van der Waals surface area contributed by atoms with Crippen molar-refractivity contribution >= 4 is 17.6 Å². The normalized spacial score (nSPS) is 11.6. The zero-order chi connectivity index (χ0) is 18.4. The zero-order valence-corrected chi connectivity index (χ0v) is 15.2. The molecule has 0 aliphatic carbocycles. The van der Waals surface area contributed by atoms with E-state index in [1.807, 2.05) is 26.1 Å². The van der Waals surface area contributed by atoms with Gasteiger partial charge in [-0.3, -0.25) is 4.68 Å². The fourth-order valence-corrected chi connectivity index (χ4v) is 2.38. The van der Waals surface area contributed by atoms with Crippen molar-refractivity contribution in [2.24, 2.45) is 12.0 Å². The third-order valence-electron chi connectivity index (χ3n) is 3.49. The van der Waals surface area contributed by atoms with Crippen LogP contribution in [0.1, 0.15) is 18.6 Å². The molecule has 0 amide bonds. The fraction of sp³-hybridized carbons (Fsp3) is 0.312. The van der Waals surface area contributed by atoms with Crippen LogP contribution in [0.2, 0.25) is 5.02 Å². The van der Waals surface area contributed by atoms with Crippen LogP contribution in [0.4, 0.5) is 0 Å². The van der Waals surface area contributed by atoms with Crippen LogP contribution in [0, 0.1) is 0 Å². The second-order valence-electron chi connectivity index (χ2n) is 5.37. The van der Waals surface area contributed by atoms with Gasteiger partial charge >= 0.3 is 0 Å². The van der Waals surface area contributed by atoms with Crippen molar-refractivity contribution in [1.82, 2.24) is 35.5 Å². The third-order valence-corrected chi connectivity index (χ3v) is 3.72. The van der Waals surface area contributed by atoms with Crippen LogP contribution in [0.5, 0.6) is 0 Å². The van der Waals surface area contributed by atoms with Crippen LogP contribution >= 0.6 is 11.6 Å². The van der Waals surface area contributed by atoms with E-state index in [1.165, 1.54) is 6.33 Å². The smallest absolute Gasteiger partial charge is 0.246 e. The first kappa shape index (κ1) is 17.9. The molecule has 2 heterocycles. The summed E-state index contributed by atoms with van der Waals surface area (Å²) >= 11 is 5.99. The van der Waals surface area contributed by atoms with Gasteiger partial charge < -0.3 is 15.2 Å². The third kappa shape index (κ3) is 4.57. The SMILES string of the molecule is CCNC(=NCc1ncnn1C)NCc1nc(-c2cccc(Cl)c2)no1. The molecule has 0 bridgehead atoms. The molecule has 0 aliphatic rings. The number of hydrogen-bond acceptors (Lipinski definition) is 6. The van der Waals surface area contributed by atoms with E-state index in [0.29, 0.717) is 35.8 Å². The molecule has 0 saturated carbocycles. The van der Waals surface area contributed by atoms with Crippen molar-refractivity contribution < 1.29 is 4.52 Å². The average molecular weight is 375 g/mol. The number of hydrogen-bond donors (Lipinski definition) is 2. The Balaban J connectivity index is 1.63. The molecule has 1 aromatic carbocycles. The van der Waals surface area contributed by atoms with Crippen LogP contribution in [0.25, 0.3) is 11.4 Å². The van der Waals surface area contributed by atoms with Gasteiger partial charge in [-0.2, -0.15) is 10.1 Å². The van der Waals surface area contributed by atoms with Gasteiger partial charge in [0.1, 0.15) is 18.7 Å². The summed E-state index contributed by atoms with van der Waals surface area (Å²) in [7, 11) is 1.83. The predicted octanol–water partition coefficient (Wildman–Crippen LogP) is 1.77. The number of guanidine groups is 1. The summed E-state index contributed by atoms with van der Waals surface area (Å²) in [6.45, 7) is 3.47. The molecule has 9 nitrogen and oxygen atoms in total. The minimum Gasteiger partial charge on any atom is -0.357 e. The second kappa shape index (κ2) is 8.43. The molecule has 2 aromatic heterocycles. The van der Waals surface area contributed by atoms with Gasteiger partial charge in [0.05, 0.1) is 6.54 Å². The Morgan fingerprint density at radius 3 is 2.96 bits per heavy atom. The Morgan fingerprint density at radius 1 is 1.35 bits per heavy atom. The number of halogens is 1. The van der Waals surface area contributed by atoms with E-state index in [1.54, 1.807) is 16.8 Å². The number of nitrogens with one attached hydrogen (secondary N) is 2. The molecule has 10 heteroatoms. The zero-order valence-electron chi connectivity index (χ0n) is 14.5. The summed E-state index contributed by atoms with van der Waals surface area (Å²) in [6, 6.07) is 7.30. The lowest BCUT2D eigenvalue weighted by atomic mass is 10.2. The van der Waals surface area contributed by atoms with E-state index < -0.39 is 0 Å². The molecule has 3 aromatic rings. The number of aromatic nitrogens is 5. The largest absolute Gasteiger partial charge is 0.357 e. The molecule has 0 atom stereocenters. The van der Waals surface area contributed by atoms with E-state index in [0.717, 1.165) is 17.9 Å². The van der Waals surface area contributed by atoms with E-state index in [-0.39, 0.29) is 0 Å². The Hall–Kier alpha value is -2.94.